The third-order valence-corrected chi connectivity index (χ3v) is 9.29. The molecule has 4 aliphatic rings. The molecule has 0 aromatic rings. The third-order valence-electron chi connectivity index (χ3n) is 9.29. The lowest BCUT2D eigenvalue weighted by Gasteiger charge is -2.57. The highest BCUT2D eigenvalue weighted by atomic mass is 16.3. The minimum Gasteiger partial charge on any atom is -0.396 e. The van der Waals surface area contributed by atoms with Crippen LogP contribution in [0.2, 0.25) is 0 Å². The molecule has 0 aliphatic heterocycles. The standard InChI is InChI=1S/C22H38O2/c1-14(13-23)19-6-7-20-18-5-4-15-12-21(2,24)10-8-16(15)17(18)9-11-22(19,20)3/h14-20,23-24H,4-13H2,1-3H3/t14?,15-,16-,17+,18+,19+,20-,21+,22+/m0/s1. The van der Waals surface area contributed by atoms with Crippen LogP contribution in [0.15, 0.2) is 0 Å². The Balaban J connectivity index is 1.53. The first kappa shape index (κ1) is 17.3. The normalized spacial score (nSPS) is 55.4. The molecule has 0 amide bonds. The van der Waals surface area contributed by atoms with Crippen LogP contribution >= 0.6 is 0 Å². The average Bonchev–Trinajstić information content (AvgIpc) is 2.90. The van der Waals surface area contributed by atoms with Crippen molar-refractivity contribution in [1.29, 1.82) is 0 Å². The Labute approximate surface area is 148 Å². The van der Waals surface area contributed by atoms with Crippen molar-refractivity contribution in [3.8, 4) is 0 Å². The molecule has 4 saturated carbocycles. The van der Waals surface area contributed by atoms with Gasteiger partial charge in [-0.15, -0.1) is 0 Å². The van der Waals surface area contributed by atoms with Gasteiger partial charge in [0, 0.05) is 6.61 Å². The van der Waals surface area contributed by atoms with Gasteiger partial charge in [-0.2, -0.15) is 0 Å². The summed E-state index contributed by atoms with van der Waals surface area (Å²) in [6.07, 6.45) is 11.6. The van der Waals surface area contributed by atoms with Crippen LogP contribution in [0.4, 0.5) is 0 Å². The van der Waals surface area contributed by atoms with Crippen molar-refractivity contribution < 1.29 is 10.2 Å². The summed E-state index contributed by atoms with van der Waals surface area (Å²) in [5.74, 6) is 5.65. The predicted octanol–water partition coefficient (Wildman–Crippen LogP) is 4.63. The zero-order valence-electron chi connectivity index (χ0n) is 16.0. The Bertz CT molecular complexity index is 473. The molecule has 0 aromatic carbocycles. The van der Waals surface area contributed by atoms with Crippen LogP contribution in [0.25, 0.3) is 0 Å². The molecular weight excluding hydrogens is 296 g/mol. The van der Waals surface area contributed by atoms with E-state index in [-0.39, 0.29) is 0 Å². The Morgan fingerprint density at radius 3 is 2.42 bits per heavy atom. The summed E-state index contributed by atoms with van der Waals surface area (Å²) in [5.41, 5.74) is 0.0858. The van der Waals surface area contributed by atoms with Crippen LogP contribution in [-0.2, 0) is 0 Å². The van der Waals surface area contributed by atoms with E-state index in [1.165, 1.54) is 44.9 Å². The predicted molar refractivity (Wildman–Crippen MR) is 97.5 cm³/mol. The highest BCUT2D eigenvalue weighted by molar-refractivity contribution is 5.07. The Morgan fingerprint density at radius 1 is 0.917 bits per heavy atom. The Kier molecular flexibility index (Phi) is 4.32. The van der Waals surface area contributed by atoms with Gasteiger partial charge in [-0.1, -0.05) is 13.8 Å². The van der Waals surface area contributed by atoms with Crippen molar-refractivity contribution >= 4 is 0 Å². The van der Waals surface area contributed by atoms with E-state index < -0.39 is 5.60 Å². The van der Waals surface area contributed by atoms with Crippen molar-refractivity contribution in [3.63, 3.8) is 0 Å². The van der Waals surface area contributed by atoms with Gasteiger partial charge in [0.1, 0.15) is 0 Å². The van der Waals surface area contributed by atoms with E-state index >= 15 is 0 Å². The van der Waals surface area contributed by atoms with E-state index in [0.717, 1.165) is 48.3 Å². The number of hydrogen-bond acceptors (Lipinski definition) is 2. The van der Waals surface area contributed by atoms with Crippen molar-refractivity contribution in [2.45, 2.75) is 84.2 Å². The lowest BCUT2D eigenvalue weighted by molar-refractivity contribution is -0.103. The van der Waals surface area contributed by atoms with E-state index in [0.29, 0.717) is 17.9 Å². The fraction of sp³-hybridized carbons (Fsp3) is 1.00. The summed E-state index contributed by atoms with van der Waals surface area (Å²) in [6.45, 7) is 7.26. The van der Waals surface area contributed by atoms with Crippen LogP contribution in [0, 0.1) is 46.8 Å². The number of aliphatic hydroxyl groups is 2. The van der Waals surface area contributed by atoms with Gasteiger partial charge < -0.3 is 10.2 Å². The van der Waals surface area contributed by atoms with Gasteiger partial charge >= 0.3 is 0 Å². The molecule has 2 nitrogen and oxygen atoms in total. The number of fused-ring (bicyclic) bond motifs is 5. The summed E-state index contributed by atoms with van der Waals surface area (Å²) in [5, 5.41) is 20.2. The second-order valence-electron chi connectivity index (χ2n) is 10.6. The summed E-state index contributed by atoms with van der Waals surface area (Å²) in [6, 6.07) is 0. The molecule has 138 valence electrons. The van der Waals surface area contributed by atoms with Gasteiger partial charge in [0.25, 0.3) is 0 Å². The molecule has 4 fully saturated rings. The maximum Gasteiger partial charge on any atom is 0.0622 e. The summed E-state index contributed by atoms with van der Waals surface area (Å²) >= 11 is 0. The zero-order chi connectivity index (χ0) is 17.1. The minimum absolute atomic E-state index is 0.362. The van der Waals surface area contributed by atoms with Crippen molar-refractivity contribution in [2.75, 3.05) is 6.61 Å². The highest BCUT2D eigenvalue weighted by Gasteiger charge is 2.58. The molecule has 4 rings (SSSR count). The van der Waals surface area contributed by atoms with E-state index in [4.69, 9.17) is 0 Å². The molecule has 4 aliphatic carbocycles. The first-order valence-corrected chi connectivity index (χ1v) is 10.7. The van der Waals surface area contributed by atoms with Crippen LogP contribution in [-0.4, -0.2) is 22.4 Å². The quantitative estimate of drug-likeness (QED) is 0.772. The summed E-state index contributed by atoms with van der Waals surface area (Å²) in [4.78, 5) is 0. The third kappa shape index (κ3) is 2.58. The topological polar surface area (TPSA) is 40.5 Å². The Morgan fingerprint density at radius 2 is 1.67 bits per heavy atom. The molecule has 0 aromatic heterocycles. The SMILES string of the molecule is CC(CO)[C@H]1CC[C@H]2[C@@H]3CC[C@H]4C[C@](C)(O)CC[C@@H]4[C@H]3CC[C@]12C. The van der Waals surface area contributed by atoms with Crippen LogP contribution in [0.5, 0.6) is 0 Å². The van der Waals surface area contributed by atoms with Crippen molar-refractivity contribution in [1.82, 2.24) is 0 Å². The molecular formula is C22H38O2. The number of hydrogen-bond donors (Lipinski definition) is 2. The monoisotopic (exact) mass is 334 g/mol. The van der Waals surface area contributed by atoms with Gasteiger partial charge in [-0.3, -0.25) is 0 Å². The first-order chi connectivity index (χ1) is 11.4. The second kappa shape index (κ2) is 5.98. The van der Waals surface area contributed by atoms with Crippen LogP contribution in [0.1, 0.15) is 78.6 Å². The van der Waals surface area contributed by atoms with Crippen molar-refractivity contribution in [3.05, 3.63) is 0 Å². The minimum atomic E-state index is -0.397. The van der Waals surface area contributed by atoms with E-state index in [2.05, 4.69) is 20.8 Å². The maximum atomic E-state index is 10.5. The molecule has 0 spiro atoms. The number of rotatable bonds is 2. The fourth-order valence-corrected chi connectivity index (χ4v) is 8.18. The molecule has 9 atom stereocenters. The lowest BCUT2D eigenvalue weighted by Crippen LogP contribution is -2.51. The molecule has 2 heteroatoms. The first-order valence-electron chi connectivity index (χ1n) is 10.7. The fourth-order valence-electron chi connectivity index (χ4n) is 8.18. The molecule has 2 N–H and O–H groups in total. The molecule has 24 heavy (non-hydrogen) atoms. The van der Waals surface area contributed by atoms with Gasteiger partial charge in [-0.05, 0) is 112 Å². The van der Waals surface area contributed by atoms with Gasteiger partial charge in [0.2, 0.25) is 0 Å². The van der Waals surface area contributed by atoms with E-state index in [1.807, 2.05) is 0 Å². The molecule has 0 saturated heterocycles. The summed E-state index contributed by atoms with van der Waals surface area (Å²) < 4.78 is 0. The molecule has 0 bridgehead atoms. The smallest absolute Gasteiger partial charge is 0.0622 e. The van der Waals surface area contributed by atoms with Gasteiger partial charge in [-0.25, -0.2) is 0 Å². The van der Waals surface area contributed by atoms with Crippen LogP contribution in [0.3, 0.4) is 0 Å². The van der Waals surface area contributed by atoms with Crippen molar-refractivity contribution in [2.24, 2.45) is 46.8 Å². The molecule has 1 unspecified atom stereocenters. The zero-order valence-corrected chi connectivity index (χ0v) is 16.0. The number of aliphatic hydroxyl groups excluding tert-OH is 1. The summed E-state index contributed by atoms with van der Waals surface area (Å²) in [7, 11) is 0. The van der Waals surface area contributed by atoms with Gasteiger partial charge in [0.15, 0.2) is 0 Å². The molecule has 0 radical (unpaired) electrons. The molecule has 0 heterocycles. The van der Waals surface area contributed by atoms with Gasteiger partial charge in [0.05, 0.1) is 5.60 Å². The second-order valence-corrected chi connectivity index (χ2v) is 10.6. The largest absolute Gasteiger partial charge is 0.396 e. The van der Waals surface area contributed by atoms with Crippen LogP contribution < -0.4 is 0 Å². The van der Waals surface area contributed by atoms with E-state index in [9.17, 15) is 10.2 Å². The van der Waals surface area contributed by atoms with E-state index in [1.54, 1.807) is 0 Å². The maximum absolute atomic E-state index is 10.5. The average molecular weight is 335 g/mol. The lowest BCUT2D eigenvalue weighted by atomic mass is 9.48. The highest BCUT2D eigenvalue weighted by Crippen LogP contribution is 2.65. The Hall–Kier alpha value is -0.0800.